The number of halogens is 1. The molecule has 3 aromatic rings. The number of ether oxygens (including phenoxy) is 1. The molecule has 0 atom stereocenters. The summed E-state index contributed by atoms with van der Waals surface area (Å²) in [4.78, 5) is 18.3. The second kappa shape index (κ2) is 7.84. The van der Waals surface area contributed by atoms with Gasteiger partial charge in [0.2, 0.25) is 0 Å². The fourth-order valence-corrected chi connectivity index (χ4v) is 3.61. The third kappa shape index (κ3) is 3.50. The number of fused-ring (bicyclic) bond motifs is 2. The number of carbonyl (C=O) groups excluding carboxylic acids is 1. The average molecular weight is 379 g/mol. The van der Waals surface area contributed by atoms with Crippen LogP contribution in [-0.2, 0) is 17.7 Å². The lowest BCUT2D eigenvalue weighted by atomic mass is 10.0. The molecule has 0 fully saturated rings. The first kappa shape index (κ1) is 18.2. The van der Waals surface area contributed by atoms with Crippen LogP contribution in [-0.4, -0.2) is 24.2 Å². The van der Waals surface area contributed by atoms with Crippen molar-refractivity contribution in [3.63, 3.8) is 0 Å². The lowest BCUT2D eigenvalue weighted by Crippen LogP contribution is -2.36. The molecule has 1 amide bonds. The zero-order valence-corrected chi connectivity index (χ0v) is 15.7. The van der Waals surface area contributed by atoms with Crippen LogP contribution in [0.4, 0.5) is 20.6 Å². The van der Waals surface area contributed by atoms with Gasteiger partial charge in [-0.1, -0.05) is 12.1 Å². The van der Waals surface area contributed by atoms with E-state index in [1.807, 2.05) is 25.1 Å². The maximum absolute atomic E-state index is 14.0. The van der Waals surface area contributed by atoms with Crippen LogP contribution in [0, 0.1) is 5.82 Å². The molecule has 0 unspecified atom stereocenters. The quantitative estimate of drug-likeness (QED) is 0.701. The van der Waals surface area contributed by atoms with E-state index in [9.17, 15) is 9.18 Å². The predicted molar refractivity (Wildman–Crippen MR) is 108 cm³/mol. The summed E-state index contributed by atoms with van der Waals surface area (Å²) in [5, 5.41) is 3.89. The molecule has 1 aliphatic heterocycles. The fourth-order valence-electron chi connectivity index (χ4n) is 3.61. The van der Waals surface area contributed by atoms with Gasteiger partial charge >= 0.3 is 6.09 Å². The van der Waals surface area contributed by atoms with E-state index in [1.54, 1.807) is 29.3 Å². The Labute approximate surface area is 163 Å². The standard InChI is InChI=1S/C22H22FN3O2/c1-2-28-22(27)26-12-4-5-15-7-9-17(13-20(15)26)25-14-16-8-10-19(23)18-6-3-11-24-21(16)18/h3,6-11,13,25H,2,4-5,12,14H2,1H3. The second-order valence-corrected chi connectivity index (χ2v) is 6.76. The van der Waals surface area contributed by atoms with Crippen molar-refractivity contribution < 1.29 is 13.9 Å². The summed E-state index contributed by atoms with van der Waals surface area (Å²) in [5.74, 6) is -0.272. The Morgan fingerprint density at radius 3 is 3.04 bits per heavy atom. The maximum atomic E-state index is 14.0. The van der Waals surface area contributed by atoms with Gasteiger partial charge in [0, 0.05) is 30.4 Å². The molecule has 2 aromatic carbocycles. The number of hydrogen-bond donors (Lipinski definition) is 1. The molecule has 144 valence electrons. The summed E-state index contributed by atoms with van der Waals surface area (Å²) in [7, 11) is 0. The average Bonchev–Trinajstić information content (AvgIpc) is 2.73. The summed E-state index contributed by atoms with van der Waals surface area (Å²) < 4.78 is 19.2. The van der Waals surface area contributed by atoms with Gasteiger partial charge in [0.25, 0.3) is 0 Å². The molecule has 0 bridgehead atoms. The van der Waals surface area contributed by atoms with Crippen LogP contribution < -0.4 is 10.2 Å². The number of amides is 1. The molecule has 0 saturated carbocycles. The number of nitrogens with one attached hydrogen (secondary N) is 1. The van der Waals surface area contributed by atoms with Crippen LogP contribution in [0.1, 0.15) is 24.5 Å². The van der Waals surface area contributed by atoms with Crippen molar-refractivity contribution in [3.8, 4) is 0 Å². The third-order valence-corrected chi connectivity index (χ3v) is 4.98. The molecule has 28 heavy (non-hydrogen) atoms. The Bertz CT molecular complexity index is 1020. The van der Waals surface area contributed by atoms with E-state index in [1.165, 1.54) is 6.07 Å². The van der Waals surface area contributed by atoms with Crippen molar-refractivity contribution in [3.05, 3.63) is 65.6 Å². The van der Waals surface area contributed by atoms with Crippen LogP contribution in [0.5, 0.6) is 0 Å². The van der Waals surface area contributed by atoms with Gasteiger partial charge in [-0.15, -0.1) is 0 Å². The van der Waals surface area contributed by atoms with E-state index in [0.29, 0.717) is 30.6 Å². The van der Waals surface area contributed by atoms with E-state index in [2.05, 4.69) is 10.3 Å². The van der Waals surface area contributed by atoms with Crippen LogP contribution in [0.2, 0.25) is 0 Å². The highest BCUT2D eigenvalue weighted by Crippen LogP contribution is 2.31. The van der Waals surface area contributed by atoms with Crippen LogP contribution in [0.15, 0.2) is 48.7 Å². The Morgan fingerprint density at radius 1 is 1.29 bits per heavy atom. The monoisotopic (exact) mass is 379 g/mol. The Kier molecular flexibility index (Phi) is 5.10. The number of carbonyl (C=O) groups is 1. The number of anilines is 2. The third-order valence-electron chi connectivity index (χ3n) is 4.98. The van der Waals surface area contributed by atoms with Crippen molar-refractivity contribution in [1.82, 2.24) is 4.98 Å². The Balaban J connectivity index is 1.58. The van der Waals surface area contributed by atoms with E-state index < -0.39 is 0 Å². The number of hydrogen-bond acceptors (Lipinski definition) is 4. The lowest BCUT2D eigenvalue weighted by molar-refractivity contribution is 0.159. The zero-order valence-electron chi connectivity index (χ0n) is 15.7. The fraction of sp³-hybridized carbons (Fsp3) is 0.273. The topological polar surface area (TPSA) is 54.5 Å². The first-order valence-corrected chi connectivity index (χ1v) is 9.50. The number of benzene rings is 2. The summed E-state index contributed by atoms with van der Waals surface area (Å²) >= 11 is 0. The summed E-state index contributed by atoms with van der Waals surface area (Å²) in [6.07, 6.45) is 3.22. The van der Waals surface area contributed by atoms with Crippen molar-refractivity contribution in [2.24, 2.45) is 0 Å². The molecule has 0 spiro atoms. The van der Waals surface area contributed by atoms with Gasteiger partial charge in [-0.05, 0) is 61.2 Å². The van der Waals surface area contributed by atoms with E-state index in [0.717, 1.165) is 35.3 Å². The molecule has 5 nitrogen and oxygen atoms in total. The van der Waals surface area contributed by atoms with Crippen LogP contribution in [0.3, 0.4) is 0 Å². The van der Waals surface area contributed by atoms with Gasteiger partial charge < -0.3 is 10.1 Å². The van der Waals surface area contributed by atoms with Gasteiger partial charge in [0.1, 0.15) is 5.82 Å². The van der Waals surface area contributed by atoms with Crippen molar-refractivity contribution in [2.45, 2.75) is 26.3 Å². The van der Waals surface area contributed by atoms with Gasteiger partial charge in [0.15, 0.2) is 0 Å². The van der Waals surface area contributed by atoms with E-state index >= 15 is 0 Å². The Morgan fingerprint density at radius 2 is 2.18 bits per heavy atom. The highest BCUT2D eigenvalue weighted by Gasteiger charge is 2.23. The normalized spacial score (nSPS) is 13.3. The number of nitrogens with zero attached hydrogens (tertiary/aromatic N) is 2. The van der Waals surface area contributed by atoms with Gasteiger partial charge in [-0.25, -0.2) is 9.18 Å². The number of aromatic nitrogens is 1. The lowest BCUT2D eigenvalue weighted by Gasteiger charge is -2.29. The van der Waals surface area contributed by atoms with Gasteiger partial charge in [-0.2, -0.15) is 0 Å². The molecule has 1 aromatic heterocycles. The SMILES string of the molecule is CCOC(=O)N1CCCc2ccc(NCc3ccc(F)c4cccnc34)cc21. The Hall–Kier alpha value is -3.15. The molecule has 6 heteroatoms. The smallest absolute Gasteiger partial charge is 0.414 e. The van der Waals surface area contributed by atoms with Gasteiger partial charge in [-0.3, -0.25) is 9.88 Å². The van der Waals surface area contributed by atoms with Crippen molar-refractivity contribution in [1.29, 1.82) is 0 Å². The van der Waals surface area contributed by atoms with Gasteiger partial charge in [0.05, 0.1) is 17.8 Å². The first-order valence-electron chi connectivity index (χ1n) is 9.50. The molecule has 1 aliphatic rings. The van der Waals surface area contributed by atoms with E-state index in [-0.39, 0.29) is 11.9 Å². The van der Waals surface area contributed by atoms with Crippen molar-refractivity contribution in [2.75, 3.05) is 23.4 Å². The molecular formula is C22H22FN3O2. The minimum absolute atomic E-state index is 0.272. The number of aryl methyl sites for hydroxylation is 1. The summed E-state index contributed by atoms with van der Waals surface area (Å²) in [5.41, 5.74) is 4.48. The summed E-state index contributed by atoms with van der Waals surface area (Å²) in [6.45, 7) is 3.32. The molecule has 0 aliphatic carbocycles. The summed E-state index contributed by atoms with van der Waals surface area (Å²) in [6, 6.07) is 12.7. The van der Waals surface area contributed by atoms with Crippen LogP contribution in [0.25, 0.3) is 10.9 Å². The van der Waals surface area contributed by atoms with Crippen molar-refractivity contribution >= 4 is 28.4 Å². The number of rotatable bonds is 4. The first-order chi connectivity index (χ1) is 13.7. The molecule has 0 saturated heterocycles. The molecule has 0 radical (unpaired) electrons. The minimum Gasteiger partial charge on any atom is -0.449 e. The maximum Gasteiger partial charge on any atom is 0.414 e. The predicted octanol–water partition coefficient (Wildman–Crippen LogP) is 4.90. The molecule has 2 heterocycles. The molecule has 4 rings (SSSR count). The highest BCUT2D eigenvalue weighted by atomic mass is 19.1. The molecule has 1 N–H and O–H groups in total. The van der Waals surface area contributed by atoms with E-state index in [4.69, 9.17) is 4.74 Å². The highest BCUT2D eigenvalue weighted by molar-refractivity contribution is 5.90. The minimum atomic E-state index is -0.311. The van der Waals surface area contributed by atoms with Crippen LogP contribution >= 0.6 is 0 Å². The zero-order chi connectivity index (χ0) is 19.5. The number of pyridine rings is 1. The second-order valence-electron chi connectivity index (χ2n) is 6.76. The molecular weight excluding hydrogens is 357 g/mol. The largest absolute Gasteiger partial charge is 0.449 e.